The highest BCUT2D eigenvalue weighted by Crippen LogP contribution is 2.35. The summed E-state index contributed by atoms with van der Waals surface area (Å²) in [6.45, 7) is 0.382. The Morgan fingerprint density at radius 3 is 2.82 bits per heavy atom. The van der Waals surface area contributed by atoms with Crippen LogP contribution in [-0.4, -0.2) is 23.1 Å². The van der Waals surface area contributed by atoms with E-state index in [1.807, 2.05) is 30.5 Å². The lowest BCUT2D eigenvalue weighted by atomic mass is 10.2. The number of hydrogen-bond donors (Lipinski definition) is 0. The predicted molar refractivity (Wildman–Crippen MR) is 61.4 cm³/mol. The summed E-state index contributed by atoms with van der Waals surface area (Å²) in [4.78, 5) is 0. The van der Waals surface area contributed by atoms with Crippen LogP contribution in [0.3, 0.4) is 0 Å². The molecule has 0 bridgehead atoms. The molecule has 1 aromatic carbocycles. The predicted octanol–water partition coefficient (Wildman–Crippen LogP) is 2.30. The standard InChI is InChI=1S/C11H10N2O3S/c1-17-11-13-12-10(16-11)9-6-14-7-4-2-3-5-8(7)15-9/h2-5,9H,6H2,1H3. The molecule has 1 aliphatic heterocycles. The number of para-hydroxylation sites is 2. The Morgan fingerprint density at radius 1 is 1.24 bits per heavy atom. The van der Waals surface area contributed by atoms with Crippen LogP contribution >= 0.6 is 11.8 Å². The van der Waals surface area contributed by atoms with Crippen LogP contribution < -0.4 is 9.47 Å². The average Bonchev–Trinajstić information content (AvgIpc) is 2.87. The van der Waals surface area contributed by atoms with Crippen molar-refractivity contribution in [2.24, 2.45) is 0 Å². The third kappa shape index (κ3) is 1.95. The van der Waals surface area contributed by atoms with Crippen molar-refractivity contribution in [3.63, 3.8) is 0 Å². The number of rotatable bonds is 2. The van der Waals surface area contributed by atoms with E-state index in [9.17, 15) is 0 Å². The summed E-state index contributed by atoms with van der Waals surface area (Å²) >= 11 is 1.40. The van der Waals surface area contributed by atoms with Crippen LogP contribution in [-0.2, 0) is 0 Å². The van der Waals surface area contributed by atoms with Gasteiger partial charge in [-0.2, -0.15) is 0 Å². The van der Waals surface area contributed by atoms with E-state index in [2.05, 4.69) is 10.2 Å². The first-order chi connectivity index (χ1) is 8.36. The number of fused-ring (bicyclic) bond motifs is 1. The quantitative estimate of drug-likeness (QED) is 0.762. The molecule has 6 heteroatoms. The van der Waals surface area contributed by atoms with Crippen molar-refractivity contribution in [3.8, 4) is 11.5 Å². The lowest BCUT2D eigenvalue weighted by molar-refractivity contribution is 0.0686. The van der Waals surface area contributed by atoms with Gasteiger partial charge in [-0.15, -0.1) is 10.2 Å². The first kappa shape index (κ1) is 10.5. The maximum absolute atomic E-state index is 5.75. The molecule has 0 radical (unpaired) electrons. The van der Waals surface area contributed by atoms with E-state index in [4.69, 9.17) is 13.9 Å². The zero-order valence-corrected chi connectivity index (χ0v) is 9.94. The van der Waals surface area contributed by atoms with E-state index in [1.54, 1.807) is 0 Å². The van der Waals surface area contributed by atoms with Crippen molar-refractivity contribution in [2.45, 2.75) is 11.3 Å². The Hall–Kier alpha value is -1.69. The van der Waals surface area contributed by atoms with Crippen LogP contribution in [0, 0.1) is 0 Å². The van der Waals surface area contributed by atoms with Crippen molar-refractivity contribution < 1.29 is 13.9 Å². The molecular weight excluding hydrogens is 240 g/mol. The number of ether oxygens (including phenoxy) is 2. The molecule has 1 aromatic heterocycles. The van der Waals surface area contributed by atoms with E-state index in [-0.39, 0.29) is 6.10 Å². The molecule has 17 heavy (non-hydrogen) atoms. The zero-order valence-electron chi connectivity index (χ0n) is 9.12. The smallest absolute Gasteiger partial charge is 0.276 e. The second kappa shape index (κ2) is 4.29. The fourth-order valence-corrected chi connectivity index (χ4v) is 1.87. The summed E-state index contributed by atoms with van der Waals surface area (Å²) in [6, 6.07) is 7.52. The molecule has 0 saturated carbocycles. The minimum absolute atomic E-state index is 0.335. The molecule has 2 aromatic rings. The molecule has 1 unspecified atom stereocenters. The van der Waals surface area contributed by atoms with E-state index in [0.29, 0.717) is 23.5 Å². The van der Waals surface area contributed by atoms with Gasteiger partial charge in [0.15, 0.2) is 11.5 Å². The summed E-state index contributed by atoms with van der Waals surface area (Å²) in [5, 5.41) is 8.35. The van der Waals surface area contributed by atoms with E-state index in [0.717, 1.165) is 5.75 Å². The minimum atomic E-state index is -0.335. The molecule has 2 heterocycles. The Labute approximate surface area is 102 Å². The Balaban J connectivity index is 1.84. The third-order valence-corrected chi connectivity index (χ3v) is 2.89. The van der Waals surface area contributed by atoms with Crippen LogP contribution in [0.5, 0.6) is 11.5 Å². The van der Waals surface area contributed by atoms with Crippen LogP contribution in [0.15, 0.2) is 33.9 Å². The fraction of sp³-hybridized carbons (Fsp3) is 0.273. The number of hydrogen-bond acceptors (Lipinski definition) is 6. The number of nitrogens with zero attached hydrogens (tertiary/aromatic N) is 2. The van der Waals surface area contributed by atoms with E-state index < -0.39 is 0 Å². The van der Waals surface area contributed by atoms with Crippen LogP contribution in [0.4, 0.5) is 0 Å². The van der Waals surface area contributed by atoms with Gasteiger partial charge in [-0.25, -0.2) is 0 Å². The van der Waals surface area contributed by atoms with Crippen molar-refractivity contribution in [2.75, 3.05) is 12.9 Å². The maximum Gasteiger partial charge on any atom is 0.276 e. The first-order valence-corrected chi connectivity index (χ1v) is 6.35. The highest BCUT2D eigenvalue weighted by molar-refractivity contribution is 7.98. The van der Waals surface area contributed by atoms with Crippen molar-refractivity contribution in [1.29, 1.82) is 0 Å². The number of aromatic nitrogens is 2. The molecule has 0 spiro atoms. The monoisotopic (exact) mass is 250 g/mol. The molecule has 3 rings (SSSR count). The van der Waals surface area contributed by atoms with Crippen LogP contribution in [0.25, 0.3) is 0 Å². The van der Waals surface area contributed by atoms with Gasteiger partial charge in [-0.1, -0.05) is 23.9 Å². The van der Waals surface area contributed by atoms with Gasteiger partial charge >= 0.3 is 0 Å². The normalized spacial score (nSPS) is 18.1. The molecule has 88 valence electrons. The highest BCUT2D eigenvalue weighted by Gasteiger charge is 2.26. The van der Waals surface area contributed by atoms with Gasteiger partial charge < -0.3 is 13.9 Å². The lowest BCUT2D eigenvalue weighted by Gasteiger charge is -2.23. The van der Waals surface area contributed by atoms with E-state index >= 15 is 0 Å². The number of thioether (sulfide) groups is 1. The van der Waals surface area contributed by atoms with Gasteiger partial charge in [-0.05, 0) is 18.4 Å². The highest BCUT2D eigenvalue weighted by atomic mass is 32.2. The van der Waals surface area contributed by atoms with Gasteiger partial charge in [0.05, 0.1) is 0 Å². The SMILES string of the molecule is CSc1nnc(C2COc3ccccc3O2)o1. The molecule has 5 nitrogen and oxygen atoms in total. The Morgan fingerprint density at radius 2 is 2.06 bits per heavy atom. The average molecular weight is 250 g/mol. The molecule has 0 amide bonds. The number of benzene rings is 1. The largest absolute Gasteiger partial charge is 0.485 e. The van der Waals surface area contributed by atoms with Gasteiger partial charge in [0.2, 0.25) is 6.10 Å². The molecule has 1 aliphatic rings. The minimum Gasteiger partial charge on any atom is -0.485 e. The summed E-state index contributed by atoms with van der Waals surface area (Å²) in [7, 11) is 0. The van der Waals surface area contributed by atoms with Crippen molar-refractivity contribution >= 4 is 11.8 Å². The molecule has 0 N–H and O–H groups in total. The van der Waals surface area contributed by atoms with Gasteiger partial charge in [0.25, 0.3) is 11.1 Å². The summed E-state index contributed by atoms with van der Waals surface area (Å²) in [5.41, 5.74) is 0. The topological polar surface area (TPSA) is 57.4 Å². The van der Waals surface area contributed by atoms with Crippen molar-refractivity contribution in [3.05, 3.63) is 30.2 Å². The summed E-state index contributed by atoms with van der Waals surface area (Å²) in [5.74, 6) is 1.89. The maximum atomic E-state index is 5.75. The van der Waals surface area contributed by atoms with Crippen LogP contribution in [0.1, 0.15) is 12.0 Å². The Bertz CT molecular complexity index is 529. The summed E-state index contributed by atoms with van der Waals surface area (Å²) in [6.07, 6.45) is 1.54. The third-order valence-electron chi connectivity index (χ3n) is 2.38. The van der Waals surface area contributed by atoms with Gasteiger partial charge in [0, 0.05) is 0 Å². The molecule has 1 atom stereocenters. The second-order valence-corrected chi connectivity index (χ2v) is 4.23. The molecule has 0 fully saturated rings. The van der Waals surface area contributed by atoms with Gasteiger partial charge in [0.1, 0.15) is 6.61 Å². The molecule has 0 aliphatic carbocycles. The first-order valence-electron chi connectivity index (χ1n) is 5.12. The van der Waals surface area contributed by atoms with Crippen molar-refractivity contribution in [1.82, 2.24) is 10.2 Å². The fourth-order valence-electron chi connectivity index (χ4n) is 1.57. The molecular formula is C11H10N2O3S. The van der Waals surface area contributed by atoms with E-state index in [1.165, 1.54) is 11.8 Å². The molecule has 0 saturated heterocycles. The zero-order chi connectivity index (χ0) is 11.7. The summed E-state index contributed by atoms with van der Waals surface area (Å²) < 4.78 is 16.7. The Kier molecular flexibility index (Phi) is 2.64. The van der Waals surface area contributed by atoms with Crippen LogP contribution in [0.2, 0.25) is 0 Å². The van der Waals surface area contributed by atoms with Gasteiger partial charge in [-0.3, -0.25) is 0 Å². The second-order valence-electron chi connectivity index (χ2n) is 3.47. The lowest BCUT2D eigenvalue weighted by Crippen LogP contribution is -2.21.